The Morgan fingerprint density at radius 2 is 2.36 bits per heavy atom. The number of fused-ring (bicyclic) bond motifs is 1. The summed E-state index contributed by atoms with van der Waals surface area (Å²) < 4.78 is 3.90. The standard InChI is InChI=1S/C9H13N5/c1-13-8(6-2-3-6)12-14-5-7(4-10)11-9(13)14/h5-6H,2-4,10H2,1H3. The number of rotatable bonds is 2. The lowest BCUT2D eigenvalue weighted by atomic mass is 10.4. The summed E-state index contributed by atoms with van der Waals surface area (Å²) in [5, 5.41) is 4.50. The van der Waals surface area contributed by atoms with Crippen molar-refractivity contribution >= 4 is 5.78 Å². The summed E-state index contributed by atoms with van der Waals surface area (Å²) in [5.74, 6) is 2.70. The van der Waals surface area contributed by atoms with Gasteiger partial charge in [0.05, 0.1) is 11.9 Å². The molecule has 0 unspecified atom stereocenters. The number of aromatic nitrogens is 4. The van der Waals surface area contributed by atoms with Crippen LogP contribution < -0.4 is 5.73 Å². The molecule has 0 aliphatic heterocycles. The predicted molar refractivity (Wildman–Crippen MR) is 51.8 cm³/mol. The lowest BCUT2D eigenvalue weighted by Crippen LogP contribution is -1.99. The van der Waals surface area contributed by atoms with Crippen molar-refractivity contribution in [1.29, 1.82) is 0 Å². The van der Waals surface area contributed by atoms with E-state index in [0.717, 1.165) is 17.3 Å². The average Bonchev–Trinajstić information content (AvgIpc) is 2.87. The third-order valence-corrected chi connectivity index (χ3v) is 2.73. The highest BCUT2D eigenvalue weighted by Gasteiger charge is 2.29. The van der Waals surface area contributed by atoms with E-state index in [1.54, 1.807) is 0 Å². The zero-order valence-corrected chi connectivity index (χ0v) is 8.14. The van der Waals surface area contributed by atoms with Crippen LogP contribution in [0.25, 0.3) is 5.78 Å². The van der Waals surface area contributed by atoms with Gasteiger partial charge in [0, 0.05) is 19.5 Å². The van der Waals surface area contributed by atoms with E-state index >= 15 is 0 Å². The van der Waals surface area contributed by atoms with Crippen molar-refractivity contribution in [2.24, 2.45) is 12.8 Å². The second-order valence-corrected chi connectivity index (χ2v) is 3.87. The van der Waals surface area contributed by atoms with Gasteiger partial charge >= 0.3 is 0 Å². The van der Waals surface area contributed by atoms with Gasteiger partial charge in [-0.15, -0.1) is 0 Å². The summed E-state index contributed by atoms with van der Waals surface area (Å²) in [5.41, 5.74) is 6.41. The Morgan fingerprint density at radius 1 is 1.57 bits per heavy atom. The third kappa shape index (κ3) is 0.988. The van der Waals surface area contributed by atoms with E-state index in [-0.39, 0.29) is 0 Å². The number of aryl methyl sites for hydroxylation is 1. The Bertz CT molecular complexity index is 477. The first-order valence-electron chi connectivity index (χ1n) is 4.90. The lowest BCUT2D eigenvalue weighted by molar-refractivity contribution is 0.795. The highest BCUT2D eigenvalue weighted by atomic mass is 15.4. The molecule has 0 aromatic carbocycles. The largest absolute Gasteiger partial charge is 0.325 e. The van der Waals surface area contributed by atoms with Crippen molar-refractivity contribution in [3.8, 4) is 0 Å². The molecule has 0 radical (unpaired) electrons. The first-order chi connectivity index (χ1) is 6.79. The molecule has 1 saturated carbocycles. The quantitative estimate of drug-likeness (QED) is 0.747. The molecule has 0 atom stereocenters. The highest BCUT2D eigenvalue weighted by molar-refractivity contribution is 5.33. The van der Waals surface area contributed by atoms with Crippen LogP contribution in [0.2, 0.25) is 0 Å². The van der Waals surface area contributed by atoms with E-state index in [9.17, 15) is 0 Å². The van der Waals surface area contributed by atoms with Crippen LogP contribution in [0.4, 0.5) is 0 Å². The van der Waals surface area contributed by atoms with Gasteiger partial charge in [-0.2, -0.15) is 5.10 Å². The molecule has 1 aliphatic carbocycles. The Hall–Kier alpha value is -1.36. The smallest absolute Gasteiger partial charge is 0.232 e. The minimum absolute atomic E-state index is 0.474. The molecular weight excluding hydrogens is 178 g/mol. The molecule has 0 bridgehead atoms. The molecular formula is C9H13N5. The molecule has 0 saturated heterocycles. The Morgan fingerprint density at radius 3 is 2.93 bits per heavy atom. The van der Waals surface area contributed by atoms with Crippen molar-refractivity contribution in [2.75, 3.05) is 0 Å². The molecule has 5 nitrogen and oxygen atoms in total. The average molecular weight is 191 g/mol. The van der Waals surface area contributed by atoms with Crippen LogP contribution in [-0.4, -0.2) is 19.2 Å². The maximum Gasteiger partial charge on any atom is 0.232 e. The van der Waals surface area contributed by atoms with Gasteiger partial charge in [-0.05, 0) is 12.8 Å². The molecule has 2 aromatic rings. The zero-order valence-electron chi connectivity index (χ0n) is 8.14. The summed E-state index contributed by atoms with van der Waals surface area (Å²) in [6.45, 7) is 0.474. The van der Waals surface area contributed by atoms with Gasteiger partial charge in [0.25, 0.3) is 0 Å². The molecule has 2 N–H and O–H groups in total. The van der Waals surface area contributed by atoms with E-state index < -0.39 is 0 Å². The van der Waals surface area contributed by atoms with E-state index in [1.165, 1.54) is 12.8 Å². The number of nitrogens with zero attached hydrogens (tertiary/aromatic N) is 4. The van der Waals surface area contributed by atoms with Gasteiger partial charge in [-0.3, -0.25) is 4.57 Å². The fourth-order valence-electron chi connectivity index (χ4n) is 1.79. The summed E-state index contributed by atoms with van der Waals surface area (Å²) in [7, 11) is 2.02. The monoisotopic (exact) mass is 191 g/mol. The van der Waals surface area contributed by atoms with Gasteiger partial charge < -0.3 is 5.73 Å². The second-order valence-electron chi connectivity index (χ2n) is 3.87. The molecule has 1 fully saturated rings. The maximum atomic E-state index is 5.52. The van der Waals surface area contributed by atoms with Gasteiger partial charge in [-0.25, -0.2) is 9.50 Å². The SMILES string of the molecule is Cn1c(C2CC2)nn2cc(CN)nc12. The highest BCUT2D eigenvalue weighted by Crippen LogP contribution is 2.39. The molecule has 0 spiro atoms. The van der Waals surface area contributed by atoms with Crippen LogP contribution >= 0.6 is 0 Å². The molecule has 3 rings (SSSR count). The summed E-state index contributed by atoms with van der Waals surface area (Å²) >= 11 is 0. The van der Waals surface area contributed by atoms with Crippen LogP contribution in [0.1, 0.15) is 30.3 Å². The second kappa shape index (κ2) is 2.57. The molecule has 0 amide bonds. The van der Waals surface area contributed by atoms with E-state index in [0.29, 0.717) is 12.5 Å². The minimum Gasteiger partial charge on any atom is -0.325 e. The number of hydrogen-bond donors (Lipinski definition) is 1. The molecule has 5 heteroatoms. The number of hydrogen-bond acceptors (Lipinski definition) is 3. The topological polar surface area (TPSA) is 61.1 Å². The van der Waals surface area contributed by atoms with Crippen molar-refractivity contribution < 1.29 is 0 Å². The number of nitrogens with two attached hydrogens (primary N) is 1. The van der Waals surface area contributed by atoms with Gasteiger partial charge in [-0.1, -0.05) is 0 Å². The first kappa shape index (κ1) is 7.99. The Balaban J connectivity index is 2.17. The molecule has 14 heavy (non-hydrogen) atoms. The van der Waals surface area contributed by atoms with Crippen molar-refractivity contribution in [3.05, 3.63) is 17.7 Å². The van der Waals surface area contributed by atoms with E-state index in [1.807, 2.05) is 17.8 Å². The maximum absolute atomic E-state index is 5.52. The fourth-order valence-corrected chi connectivity index (χ4v) is 1.79. The summed E-state index contributed by atoms with van der Waals surface area (Å²) in [6, 6.07) is 0. The zero-order chi connectivity index (χ0) is 9.71. The number of imidazole rings is 1. The van der Waals surface area contributed by atoms with Crippen molar-refractivity contribution in [1.82, 2.24) is 19.2 Å². The van der Waals surface area contributed by atoms with E-state index in [4.69, 9.17) is 5.73 Å². The van der Waals surface area contributed by atoms with Crippen LogP contribution in [0, 0.1) is 0 Å². The predicted octanol–water partition coefficient (Wildman–Crippen LogP) is 0.404. The van der Waals surface area contributed by atoms with E-state index in [2.05, 4.69) is 14.6 Å². The summed E-state index contributed by atoms with van der Waals surface area (Å²) in [6.07, 6.45) is 4.43. The van der Waals surface area contributed by atoms with Gasteiger partial charge in [0.15, 0.2) is 0 Å². The van der Waals surface area contributed by atoms with Crippen LogP contribution in [0.3, 0.4) is 0 Å². The van der Waals surface area contributed by atoms with Gasteiger partial charge in [0.1, 0.15) is 5.82 Å². The van der Waals surface area contributed by atoms with Crippen LogP contribution in [0.15, 0.2) is 6.20 Å². The van der Waals surface area contributed by atoms with Crippen molar-refractivity contribution in [2.45, 2.75) is 25.3 Å². The van der Waals surface area contributed by atoms with Gasteiger partial charge in [0.2, 0.25) is 5.78 Å². The minimum atomic E-state index is 0.474. The Labute approximate surface area is 81.5 Å². The molecule has 1 aliphatic rings. The van der Waals surface area contributed by atoms with Crippen LogP contribution in [-0.2, 0) is 13.6 Å². The molecule has 2 aromatic heterocycles. The molecule has 74 valence electrons. The summed E-state index contributed by atoms with van der Waals surface area (Å²) in [4.78, 5) is 4.40. The first-order valence-corrected chi connectivity index (χ1v) is 4.90. The Kier molecular flexibility index (Phi) is 1.47. The third-order valence-electron chi connectivity index (χ3n) is 2.73. The molecule has 2 heterocycles. The van der Waals surface area contributed by atoms with Crippen molar-refractivity contribution in [3.63, 3.8) is 0 Å². The lowest BCUT2D eigenvalue weighted by Gasteiger charge is -1.95. The van der Waals surface area contributed by atoms with Crippen LogP contribution in [0.5, 0.6) is 0 Å². The normalized spacial score (nSPS) is 16.7. The fraction of sp³-hybridized carbons (Fsp3) is 0.556.